The van der Waals surface area contributed by atoms with Crippen LogP contribution in [0.15, 0.2) is 29.3 Å². The van der Waals surface area contributed by atoms with Crippen LogP contribution < -0.4 is 15.5 Å². The van der Waals surface area contributed by atoms with E-state index in [1.54, 1.807) is 0 Å². The van der Waals surface area contributed by atoms with Gasteiger partial charge in [0.1, 0.15) is 0 Å². The van der Waals surface area contributed by atoms with Crippen molar-refractivity contribution in [2.45, 2.75) is 59.5 Å². The lowest BCUT2D eigenvalue weighted by atomic mass is 9.99. The fourth-order valence-electron chi connectivity index (χ4n) is 4.21. The van der Waals surface area contributed by atoms with Gasteiger partial charge in [-0.1, -0.05) is 32.9 Å². The molecule has 2 fully saturated rings. The summed E-state index contributed by atoms with van der Waals surface area (Å²) >= 11 is 0. The predicted molar refractivity (Wildman–Crippen MR) is 140 cm³/mol. The fourth-order valence-corrected chi connectivity index (χ4v) is 4.21. The molecule has 0 bridgehead atoms. The van der Waals surface area contributed by atoms with E-state index in [1.807, 2.05) is 18.7 Å². The summed E-state index contributed by atoms with van der Waals surface area (Å²) in [6.45, 7) is 13.7. The van der Waals surface area contributed by atoms with Crippen molar-refractivity contribution in [2.75, 3.05) is 37.6 Å². The van der Waals surface area contributed by atoms with Crippen molar-refractivity contribution in [1.29, 1.82) is 0 Å². The van der Waals surface area contributed by atoms with Crippen LogP contribution in [-0.4, -0.2) is 55.5 Å². The molecule has 1 atom stereocenters. The molecule has 7 heteroatoms. The number of aliphatic imine (C=N–C) groups is 1. The van der Waals surface area contributed by atoms with Gasteiger partial charge < -0.3 is 20.4 Å². The fraction of sp³-hybridized carbons (Fsp3) is 0.667. The number of benzene rings is 1. The Labute approximate surface area is 205 Å². The van der Waals surface area contributed by atoms with Crippen LogP contribution in [0.2, 0.25) is 0 Å². The first kappa shape index (κ1) is 25.7. The van der Waals surface area contributed by atoms with Gasteiger partial charge in [0.2, 0.25) is 5.91 Å². The maximum Gasteiger partial charge on any atom is 0.225 e. The van der Waals surface area contributed by atoms with E-state index >= 15 is 0 Å². The number of hydrogen-bond acceptors (Lipinski definition) is 3. The third-order valence-corrected chi connectivity index (χ3v) is 6.18. The average Bonchev–Trinajstić information content (AvgIpc) is 3.21. The van der Waals surface area contributed by atoms with Crippen molar-refractivity contribution < 1.29 is 4.79 Å². The van der Waals surface area contributed by atoms with E-state index in [0.29, 0.717) is 6.54 Å². The zero-order valence-electron chi connectivity index (χ0n) is 19.6. The Bertz CT molecular complexity index is 713. The van der Waals surface area contributed by atoms with Crippen molar-refractivity contribution in [3.05, 3.63) is 29.8 Å². The summed E-state index contributed by atoms with van der Waals surface area (Å²) in [5.74, 6) is 1.98. The summed E-state index contributed by atoms with van der Waals surface area (Å²) in [5.41, 5.74) is 2.53. The highest BCUT2D eigenvalue weighted by Gasteiger charge is 2.28. The number of carbonyl (C=O) groups excluding carboxylic acids is 1. The molecule has 2 heterocycles. The Morgan fingerprint density at radius 2 is 1.81 bits per heavy atom. The molecule has 0 aromatic heterocycles. The Kier molecular flexibility index (Phi) is 10.4. The zero-order chi connectivity index (χ0) is 21.5. The van der Waals surface area contributed by atoms with Gasteiger partial charge in [-0.3, -0.25) is 4.79 Å². The highest BCUT2D eigenvalue weighted by atomic mass is 127. The molecule has 1 unspecified atom stereocenters. The number of hydrogen-bond donors (Lipinski definition) is 2. The predicted octanol–water partition coefficient (Wildman–Crippen LogP) is 3.85. The molecule has 1 aromatic carbocycles. The van der Waals surface area contributed by atoms with Gasteiger partial charge in [-0.15, -0.1) is 24.0 Å². The molecule has 2 aliphatic rings. The lowest BCUT2D eigenvalue weighted by Crippen LogP contribution is -2.45. The maximum atomic E-state index is 12.2. The van der Waals surface area contributed by atoms with Crippen molar-refractivity contribution in [2.24, 2.45) is 16.8 Å². The van der Waals surface area contributed by atoms with E-state index in [9.17, 15) is 4.79 Å². The number of carbonyl (C=O) groups is 1. The number of guanidine groups is 1. The lowest BCUT2D eigenvalue weighted by molar-refractivity contribution is -0.133. The minimum atomic E-state index is 0. The highest BCUT2D eigenvalue weighted by Crippen LogP contribution is 2.23. The maximum absolute atomic E-state index is 12.2. The zero-order valence-corrected chi connectivity index (χ0v) is 21.9. The lowest BCUT2D eigenvalue weighted by Gasteiger charge is -2.32. The molecule has 2 N–H and O–H groups in total. The number of anilines is 1. The Hall–Kier alpha value is -1.51. The van der Waals surface area contributed by atoms with Crippen molar-refractivity contribution in [3.8, 4) is 0 Å². The number of piperidine rings is 1. The monoisotopic (exact) mass is 541 g/mol. The summed E-state index contributed by atoms with van der Waals surface area (Å²) in [4.78, 5) is 21.5. The van der Waals surface area contributed by atoms with Gasteiger partial charge in [-0.05, 0) is 49.8 Å². The Balaban J connectivity index is 0.00000341. The number of nitrogens with one attached hydrogen (secondary N) is 2. The van der Waals surface area contributed by atoms with E-state index in [1.165, 1.54) is 24.1 Å². The number of nitrogens with zero attached hydrogens (tertiary/aromatic N) is 3. The van der Waals surface area contributed by atoms with Gasteiger partial charge in [-0.25, -0.2) is 4.99 Å². The summed E-state index contributed by atoms with van der Waals surface area (Å²) in [5, 5.41) is 6.86. The molecule has 1 aromatic rings. The van der Waals surface area contributed by atoms with Gasteiger partial charge >= 0.3 is 0 Å². The molecule has 174 valence electrons. The third-order valence-electron chi connectivity index (χ3n) is 6.18. The molecule has 2 aliphatic heterocycles. The van der Waals surface area contributed by atoms with Gasteiger partial charge in [0.25, 0.3) is 0 Å². The number of halogens is 1. The molecule has 3 rings (SSSR count). The Morgan fingerprint density at radius 3 is 2.42 bits per heavy atom. The van der Waals surface area contributed by atoms with Crippen molar-refractivity contribution >= 4 is 41.5 Å². The first-order valence-corrected chi connectivity index (χ1v) is 11.6. The standard InChI is InChI=1S/C24H39N5O.HI/c1-5-25-24(27-21-12-15-29(17-21)23(30)18(2)3)26-16-20-6-8-22(9-7-20)28-13-10-19(4)11-14-28;/h6-9,18-19,21H,5,10-17H2,1-4H3,(H2,25,26,27);1H. The second kappa shape index (κ2) is 12.5. The highest BCUT2D eigenvalue weighted by molar-refractivity contribution is 14.0. The van der Waals surface area contributed by atoms with Crippen LogP contribution in [0.1, 0.15) is 52.5 Å². The smallest absolute Gasteiger partial charge is 0.225 e. The third kappa shape index (κ3) is 7.54. The molecular weight excluding hydrogens is 501 g/mol. The Morgan fingerprint density at radius 1 is 1.13 bits per heavy atom. The van der Waals surface area contributed by atoms with Crippen LogP contribution in [-0.2, 0) is 11.3 Å². The second-order valence-electron chi connectivity index (χ2n) is 9.10. The number of rotatable bonds is 6. The van der Waals surface area contributed by atoms with Crippen LogP contribution in [0, 0.1) is 11.8 Å². The molecule has 1 amide bonds. The van der Waals surface area contributed by atoms with Crippen LogP contribution >= 0.6 is 24.0 Å². The molecule has 0 aliphatic carbocycles. The molecular formula is C24H40IN5O. The molecule has 0 spiro atoms. The van der Waals surface area contributed by atoms with E-state index in [-0.39, 0.29) is 41.8 Å². The average molecular weight is 542 g/mol. The quantitative estimate of drug-likeness (QED) is 0.327. The summed E-state index contributed by atoms with van der Waals surface area (Å²) in [6, 6.07) is 9.11. The van der Waals surface area contributed by atoms with Gasteiger partial charge in [0.05, 0.1) is 6.54 Å². The number of amides is 1. The van der Waals surface area contributed by atoms with Crippen molar-refractivity contribution in [1.82, 2.24) is 15.5 Å². The molecule has 0 radical (unpaired) electrons. The minimum absolute atomic E-state index is 0. The summed E-state index contributed by atoms with van der Waals surface area (Å²) < 4.78 is 0. The van der Waals surface area contributed by atoms with E-state index < -0.39 is 0 Å². The molecule has 0 saturated carbocycles. The van der Waals surface area contributed by atoms with Crippen molar-refractivity contribution in [3.63, 3.8) is 0 Å². The molecule has 31 heavy (non-hydrogen) atoms. The molecule has 2 saturated heterocycles. The van der Waals surface area contributed by atoms with Crippen LogP contribution in [0.25, 0.3) is 0 Å². The van der Waals surface area contributed by atoms with Gasteiger partial charge in [0, 0.05) is 50.4 Å². The van der Waals surface area contributed by atoms with Crippen LogP contribution in [0.5, 0.6) is 0 Å². The normalized spacial score (nSPS) is 20.0. The van der Waals surface area contributed by atoms with E-state index in [4.69, 9.17) is 4.99 Å². The largest absolute Gasteiger partial charge is 0.372 e. The molecule has 6 nitrogen and oxygen atoms in total. The first-order valence-electron chi connectivity index (χ1n) is 11.6. The second-order valence-corrected chi connectivity index (χ2v) is 9.10. The summed E-state index contributed by atoms with van der Waals surface area (Å²) in [7, 11) is 0. The topological polar surface area (TPSA) is 60.0 Å². The van der Waals surface area contributed by atoms with E-state index in [2.05, 4.69) is 53.6 Å². The summed E-state index contributed by atoms with van der Waals surface area (Å²) in [6.07, 6.45) is 3.53. The van der Waals surface area contributed by atoms with Gasteiger partial charge in [0.15, 0.2) is 5.96 Å². The van der Waals surface area contributed by atoms with Crippen LogP contribution in [0.4, 0.5) is 5.69 Å². The van der Waals surface area contributed by atoms with E-state index in [0.717, 1.165) is 51.0 Å². The minimum Gasteiger partial charge on any atom is -0.372 e. The number of likely N-dealkylation sites (tertiary alicyclic amines) is 1. The SMILES string of the molecule is CCNC(=NCc1ccc(N2CCC(C)CC2)cc1)NC1CCN(C(=O)C(C)C)C1.I. The van der Waals surface area contributed by atoms with Gasteiger partial charge in [-0.2, -0.15) is 0 Å². The van der Waals surface area contributed by atoms with Crippen LogP contribution in [0.3, 0.4) is 0 Å². The first-order chi connectivity index (χ1) is 14.5.